The number of hydrogen-bond acceptors (Lipinski definition) is 4. The highest BCUT2D eigenvalue weighted by Crippen LogP contribution is 2.44. The van der Waals surface area contributed by atoms with Gasteiger partial charge in [0.05, 0.1) is 12.2 Å². The minimum atomic E-state index is -2.01. The molecule has 1 aliphatic heterocycles. The van der Waals surface area contributed by atoms with Gasteiger partial charge in [0, 0.05) is 12.3 Å². The molecule has 0 N–H and O–H groups in total. The van der Waals surface area contributed by atoms with Gasteiger partial charge in [0.2, 0.25) is 0 Å². The highest BCUT2D eigenvalue weighted by Gasteiger charge is 2.48. The molecular weight excluding hydrogens is 356 g/mol. The molecule has 0 unspecified atom stereocenters. The Morgan fingerprint density at radius 1 is 1.19 bits per heavy atom. The number of ether oxygens (including phenoxy) is 2. The van der Waals surface area contributed by atoms with Gasteiger partial charge in [-0.25, -0.2) is 0 Å². The van der Waals surface area contributed by atoms with Crippen molar-refractivity contribution >= 4 is 14.6 Å². The molecule has 4 atom stereocenters. The monoisotopic (exact) mass is 392 g/mol. The first-order valence-corrected chi connectivity index (χ1v) is 12.8. The molecule has 0 radical (unpaired) electrons. The summed E-state index contributed by atoms with van der Waals surface area (Å²) < 4.78 is 19.2. The Morgan fingerprint density at radius 3 is 2.30 bits per heavy atom. The molecule has 1 aromatic rings. The minimum Gasteiger partial charge on any atom is -0.413 e. The summed E-state index contributed by atoms with van der Waals surface area (Å²) >= 11 is 0. The fourth-order valence-electron chi connectivity index (χ4n) is 3.31. The maximum atomic E-state index is 11.4. The van der Waals surface area contributed by atoms with Crippen LogP contribution in [0.25, 0.3) is 0 Å². The number of rotatable bonds is 7. The molecule has 27 heavy (non-hydrogen) atoms. The van der Waals surface area contributed by atoms with Crippen molar-refractivity contribution in [3.63, 3.8) is 0 Å². The van der Waals surface area contributed by atoms with Gasteiger partial charge >= 0.3 is 0 Å². The Labute approximate surface area is 165 Å². The second-order valence-electron chi connectivity index (χ2n) is 9.61. The van der Waals surface area contributed by atoms with Gasteiger partial charge in [0.1, 0.15) is 12.4 Å². The third kappa shape index (κ3) is 5.28. The van der Waals surface area contributed by atoms with Crippen LogP contribution in [-0.2, 0) is 18.7 Å². The molecule has 1 heterocycles. The van der Waals surface area contributed by atoms with Crippen molar-refractivity contribution in [3.05, 3.63) is 35.9 Å². The fourth-order valence-corrected chi connectivity index (χ4v) is 4.73. The zero-order valence-electron chi connectivity index (χ0n) is 18.1. The Bertz CT molecular complexity index is 621. The van der Waals surface area contributed by atoms with Crippen LogP contribution in [0.3, 0.4) is 0 Å². The lowest BCUT2D eigenvalue weighted by Gasteiger charge is -2.41. The van der Waals surface area contributed by atoms with E-state index in [4.69, 9.17) is 13.9 Å². The number of carbonyl (C=O) groups excluding carboxylic acids is 1. The maximum absolute atomic E-state index is 11.4. The zero-order chi connectivity index (χ0) is 20.5. The highest BCUT2D eigenvalue weighted by atomic mass is 28.4. The van der Waals surface area contributed by atoms with Crippen LogP contribution in [0.5, 0.6) is 0 Å². The van der Waals surface area contributed by atoms with Gasteiger partial charge in [-0.1, -0.05) is 58.0 Å². The number of hydrogen-bond donors (Lipinski definition) is 0. The van der Waals surface area contributed by atoms with E-state index in [0.717, 1.165) is 11.8 Å². The lowest BCUT2D eigenvalue weighted by Crippen LogP contribution is -2.47. The van der Waals surface area contributed by atoms with Crippen molar-refractivity contribution in [1.82, 2.24) is 0 Å². The van der Waals surface area contributed by atoms with Crippen LogP contribution < -0.4 is 0 Å². The number of benzene rings is 1. The first-order chi connectivity index (χ1) is 12.4. The molecule has 0 bridgehead atoms. The third-order valence-corrected chi connectivity index (χ3v) is 10.4. The number of carbonyl (C=O) groups is 1. The summed E-state index contributed by atoms with van der Waals surface area (Å²) in [4.78, 5) is 11.4. The molecular formula is C22H36O4Si. The van der Waals surface area contributed by atoms with Gasteiger partial charge in [0.25, 0.3) is 0 Å². The quantitative estimate of drug-likeness (QED) is 0.454. The molecule has 0 aromatic heterocycles. The van der Waals surface area contributed by atoms with E-state index in [0.29, 0.717) is 6.42 Å². The van der Waals surface area contributed by atoms with Crippen LogP contribution in [0.1, 0.15) is 59.6 Å². The van der Waals surface area contributed by atoms with Crippen molar-refractivity contribution in [2.75, 3.05) is 0 Å². The van der Waals surface area contributed by atoms with Crippen molar-refractivity contribution in [3.8, 4) is 0 Å². The predicted octanol–water partition coefficient (Wildman–Crippen LogP) is 5.49. The first-order valence-electron chi connectivity index (χ1n) is 9.90. The summed E-state index contributed by atoms with van der Waals surface area (Å²) in [6.45, 7) is 17.1. The van der Waals surface area contributed by atoms with E-state index in [2.05, 4.69) is 52.9 Å². The average molecular weight is 393 g/mol. The van der Waals surface area contributed by atoms with Crippen molar-refractivity contribution < 1.29 is 18.7 Å². The average Bonchev–Trinajstić information content (AvgIpc) is 2.89. The van der Waals surface area contributed by atoms with Gasteiger partial charge in [-0.3, -0.25) is 0 Å². The molecule has 0 amide bonds. The standard InChI is InChI=1S/C22H36O4Si/c1-16(18(14-15-23)26-27(7,8)21(2,3)4)19-20(25-22(5,6)24-19)17-12-10-9-11-13-17/h9-13,15-16,18-20H,14H2,1-8H3/t16-,18+,19-,20-/m1/s1. The van der Waals surface area contributed by atoms with Gasteiger partial charge < -0.3 is 18.7 Å². The van der Waals surface area contributed by atoms with Crippen LogP contribution >= 0.6 is 0 Å². The summed E-state index contributed by atoms with van der Waals surface area (Å²) in [6.07, 6.45) is 0.810. The fraction of sp³-hybridized carbons (Fsp3) is 0.682. The summed E-state index contributed by atoms with van der Waals surface area (Å²) in [5.74, 6) is -0.640. The lowest BCUT2D eigenvalue weighted by atomic mass is 9.90. The molecule has 0 saturated carbocycles. The molecule has 1 fully saturated rings. The van der Waals surface area contributed by atoms with Crippen molar-refractivity contribution in [2.45, 2.75) is 90.2 Å². The van der Waals surface area contributed by atoms with Gasteiger partial charge in [0.15, 0.2) is 14.1 Å². The molecule has 5 heteroatoms. The Morgan fingerprint density at radius 2 is 1.78 bits per heavy atom. The normalized spacial score (nSPS) is 25.2. The van der Waals surface area contributed by atoms with E-state index in [1.165, 1.54) is 0 Å². The smallest absolute Gasteiger partial charge is 0.192 e. The van der Waals surface area contributed by atoms with E-state index in [1.54, 1.807) is 0 Å². The molecule has 2 rings (SSSR count). The molecule has 1 saturated heterocycles. The Balaban J connectivity index is 2.29. The van der Waals surface area contributed by atoms with E-state index in [9.17, 15) is 4.79 Å². The van der Waals surface area contributed by atoms with E-state index in [1.807, 2.05) is 32.0 Å². The second kappa shape index (κ2) is 8.16. The number of aldehydes is 1. The van der Waals surface area contributed by atoms with Crippen LogP contribution in [-0.4, -0.2) is 32.6 Å². The Kier molecular flexibility index (Phi) is 6.73. The molecule has 0 aliphatic carbocycles. The molecule has 152 valence electrons. The summed E-state index contributed by atoms with van der Waals surface area (Å²) in [5.41, 5.74) is 1.09. The maximum Gasteiger partial charge on any atom is 0.192 e. The molecule has 0 spiro atoms. The van der Waals surface area contributed by atoms with Crippen molar-refractivity contribution in [1.29, 1.82) is 0 Å². The largest absolute Gasteiger partial charge is 0.413 e. The van der Waals surface area contributed by atoms with Gasteiger partial charge in [-0.05, 0) is 37.5 Å². The van der Waals surface area contributed by atoms with E-state index >= 15 is 0 Å². The molecule has 1 aliphatic rings. The van der Waals surface area contributed by atoms with Crippen LogP contribution in [0.15, 0.2) is 30.3 Å². The lowest BCUT2D eigenvalue weighted by molar-refractivity contribution is -0.153. The van der Waals surface area contributed by atoms with Gasteiger partial charge in [-0.15, -0.1) is 0 Å². The summed E-state index contributed by atoms with van der Waals surface area (Å²) in [5, 5.41) is 0.0823. The summed E-state index contributed by atoms with van der Waals surface area (Å²) in [7, 11) is -2.01. The highest BCUT2D eigenvalue weighted by molar-refractivity contribution is 6.74. The van der Waals surface area contributed by atoms with Crippen LogP contribution in [0.4, 0.5) is 0 Å². The van der Waals surface area contributed by atoms with E-state index in [-0.39, 0.29) is 29.3 Å². The van der Waals surface area contributed by atoms with Crippen molar-refractivity contribution in [2.24, 2.45) is 5.92 Å². The zero-order valence-corrected chi connectivity index (χ0v) is 19.1. The summed E-state index contributed by atoms with van der Waals surface area (Å²) in [6, 6.07) is 10.2. The molecule has 1 aromatic carbocycles. The predicted molar refractivity (Wildman–Crippen MR) is 111 cm³/mol. The van der Waals surface area contributed by atoms with Gasteiger partial charge in [-0.2, -0.15) is 0 Å². The topological polar surface area (TPSA) is 44.8 Å². The first kappa shape index (κ1) is 22.3. The Hall–Kier alpha value is -1.01. The van der Waals surface area contributed by atoms with E-state index < -0.39 is 14.1 Å². The second-order valence-corrected chi connectivity index (χ2v) is 14.4. The molecule has 4 nitrogen and oxygen atoms in total. The third-order valence-electron chi connectivity index (χ3n) is 5.94. The SMILES string of the molecule is C[C@@H]([C@H]1OC(C)(C)O[C@@H]1c1ccccc1)[C@H](CC=O)O[Si](C)(C)C(C)(C)C. The van der Waals surface area contributed by atoms with Crippen LogP contribution in [0.2, 0.25) is 18.1 Å². The minimum absolute atomic E-state index is 0.0244. The van der Waals surface area contributed by atoms with Crippen LogP contribution in [0, 0.1) is 5.92 Å².